The Balaban J connectivity index is 1.27. The first-order valence-electron chi connectivity index (χ1n) is 13.3. The van der Waals surface area contributed by atoms with Crippen molar-refractivity contribution in [1.82, 2.24) is 14.9 Å². The van der Waals surface area contributed by atoms with Gasteiger partial charge in [0, 0.05) is 25.6 Å². The minimum atomic E-state index is -0.0302. The molecule has 1 fully saturated rings. The average molecular weight is 481 g/mol. The van der Waals surface area contributed by atoms with E-state index in [1.54, 1.807) is 0 Å². The zero-order chi connectivity index (χ0) is 24.7. The van der Waals surface area contributed by atoms with Gasteiger partial charge >= 0.3 is 0 Å². The predicted molar refractivity (Wildman–Crippen MR) is 147 cm³/mol. The third-order valence-corrected chi connectivity index (χ3v) is 7.32. The van der Waals surface area contributed by atoms with Gasteiger partial charge in [-0.1, -0.05) is 86.1 Å². The molecule has 186 valence electrons. The molecule has 5 nitrogen and oxygen atoms in total. The summed E-state index contributed by atoms with van der Waals surface area (Å²) in [7, 11) is 0. The van der Waals surface area contributed by atoms with Crippen molar-refractivity contribution in [2.45, 2.75) is 51.6 Å². The maximum absolute atomic E-state index is 13.4. The number of piperidine rings is 1. The summed E-state index contributed by atoms with van der Waals surface area (Å²) in [5.74, 6) is 1.24. The van der Waals surface area contributed by atoms with Crippen molar-refractivity contribution in [3.05, 3.63) is 96.1 Å². The van der Waals surface area contributed by atoms with Crippen molar-refractivity contribution in [3.8, 4) is 0 Å². The maximum atomic E-state index is 13.4. The summed E-state index contributed by atoms with van der Waals surface area (Å²) in [6, 6.07) is 29.1. The molecule has 0 saturated carbocycles. The zero-order valence-electron chi connectivity index (χ0n) is 21.1. The van der Waals surface area contributed by atoms with Crippen LogP contribution in [0.3, 0.4) is 0 Å². The Bertz CT molecular complexity index is 1260. The number of para-hydroxylation sites is 2. The molecule has 1 N–H and O–H groups in total. The van der Waals surface area contributed by atoms with Crippen molar-refractivity contribution in [3.63, 3.8) is 0 Å². The number of imidazole rings is 1. The van der Waals surface area contributed by atoms with Gasteiger partial charge in [0.2, 0.25) is 11.9 Å². The van der Waals surface area contributed by atoms with Crippen LogP contribution in [-0.2, 0) is 17.8 Å². The van der Waals surface area contributed by atoms with Crippen LogP contribution in [0.5, 0.6) is 0 Å². The van der Waals surface area contributed by atoms with E-state index in [1.807, 2.05) is 24.3 Å². The molecule has 1 aromatic heterocycles. The number of carbonyl (C=O) groups excluding carboxylic acids is 1. The molecule has 1 atom stereocenters. The van der Waals surface area contributed by atoms with Gasteiger partial charge in [-0.2, -0.15) is 0 Å². The molecule has 1 aliphatic heterocycles. The average Bonchev–Trinajstić information content (AvgIpc) is 3.31. The Morgan fingerprint density at radius 2 is 1.61 bits per heavy atom. The standard InChI is InChI=1S/C31H36N4O/c1-2-3-20-35-29-17-11-10-16-27(29)33-31(35)34-21-18-26(19-22-34)30(36)32-28(25-14-8-5-9-15-25)23-24-12-6-4-7-13-24/h4-17,26,28H,2-3,18-23H2,1H3,(H,32,36)/t28-/m1/s1. The third-order valence-electron chi connectivity index (χ3n) is 7.32. The number of nitrogens with zero attached hydrogens (tertiary/aromatic N) is 3. The van der Waals surface area contributed by atoms with E-state index in [1.165, 1.54) is 11.1 Å². The molecule has 0 unspecified atom stereocenters. The van der Waals surface area contributed by atoms with Gasteiger partial charge in [-0.05, 0) is 48.9 Å². The highest BCUT2D eigenvalue weighted by molar-refractivity contribution is 5.80. The quantitative estimate of drug-likeness (QED) is 0.312. The minimum Gasteiger partial charge on any atom is -0.349 e. The number of aromatic nitrogens is 2. The van der Waals surface area contributed by atoms with Crippen LogP contribution in [0.1, 0.15) is 49.8 Å². The first-order valence-corrected chi connectivity index (χ1v) is 13.3. The lowest BCUT2D eigenvalue weighted by atomic mass is 9.93. The minimum absolute atomic E-state index is 0.0247. The van der Waals surface area contributed by atoms with Gasteiger partial charge in [0.05, 0.1) is 17.1 Å². The number of rotatable bonds is 9. The summed E-state index contributed by atoms with van der Waals surface area (Å²) in [4.78, 5) is 20.8. The molecule has 0 bridgehead atoms. The number of hydrogen-bond donors (Lipinski definition) is 1. The number of amides is 1. The van der Waals surface area contributed by atoms with E-state index in [0.717, 1.165) is 68.8 Å². The van der Waals surface area contributed by atoms with Crippen LogP contribution >= 0.6 is 0 Å². The largest absolute Gasteiger partial charge is 0.349 e. The Labute approximate surface area is 214 Å². The Morgan fingerprint density at radius 1 is 0.944 bits per heavy atom. The van der Waals surface area contributed by atoms with Gasteiger partial charge in [0.25, 0.3) is 0 Å². The number of fused-ring (bicyclic) bond motifs is 1. The molecule has 5 rings (SSSR count). The second kappa shape index (κ2) is 11.4. The molecule has 0 spiro atoms. The van der Waals surface area contributed by atoms with E-state index in [9.17, 15) is 4.79 Å². The first kappa shape index (κ1) is 24.1. The van der Waals surface area contributed by atoms with Gasteiger partial charge in [-0.25, -0.2) is 4.98 Å². The number of unbranched alkanes of at least 4 members (excludes halogenated alkanes) is 1. The van der Waals surface area contributed by atoms with Crippen molar-refractivity contribution >= 4 is 22.9 Å². The first-order chi connectivity index (χ1) is 17.7. The van der Waals surface area contributed by atoms with Crippen LogP contribution in [0.2, 0.25) is 0 Å². The van der Waals surface area contributed by atoms with Crippen LogP contribution in [-0.4, -0.2) is 28.5 Å². The smallest absolute Gasteiger partial charge is 0.223 e. The molecule has 36 heavy (non-hydrogen) atoms. The van der Waals surface area contributed by atoms with E-state index < -0.39 is 0 Å². The van der Waals surface area contributed by atoms with E-state index in [2.05, 4.69) is 82.4 Å². The van der Waals surface area contributed by atoms with Crippen molar-refractivity contribution < 1.29 is 4.79 Å². The number of hydrogen-bond acceptors (Lipinski definition) is 3. The number of benzene rings is 3. The highest BCUT2D eigenvalue weighted by Crippen LogP contribution is 2.28. The zero-order valence-corrected chi connectivity index (χ0v) is 21.1. The van der Waals surface area contributed by atoms with Gasteiger partial charge < -0.3 is 14.8 Å². The summed E-state index contributed by atoms with van der Waals surface area (Å²) >= 11 is 0. The normalized spacial score (nSPS) is 15.2. The summed E-state index contributed by atoms with van der Waals surface area (Å²) < 4.78 is 2.37. The molecule has 0 aliphatic carbocycles. The molecule has 0 radical (unpaired) electrons. The Hall–Kier alpha value is -3.60. The van der Waals surface area contributed by atoms with Gasteiger partial charge in [-0.15, -0.1) is 0 Å². The third kappa shape index (κ3) is 5.46. The molecule has 1 aliphatic rings. The van der Waals surface area contributed by atoms with Crippen molar-refractivity contribution in [2.75, 3.05) is 18.0 Å². The number of aryl methyl sites for hydroxylation is 1. The van der Waals surface area contributed by atoms with Crippen molar-refractivity contribution in [2.24, 2.45) is 5.92 Å². The lowest BCUT2D eigenvalue weighted by Crippen LogP contribution is -2.42. The van der Waals surface area contributed by atoms with Crippen LogP contribution in [0, 0.1) is 5.92 Å². The number of carbonyl (C=O) groups is 1. The fraction of sp³-hybridized carbons (Fsp3) is 0.355. The van der Waals surface area contributed by atoms with Gasteiger partial charge in [-0.3, -0.25) is 4.79 Å². The molecule has 2 heterocycles. The van der Waals surface area contributed by atoms with Crippen LogP contribution in [0.25, 0.3) is 11.0 Å². The maximum Gasteiger partial charge on any atom is 0.223 e. The molecule has 1 saturated heterocycles. The SMILES string of the molecule is CCCCn1c(N2CCC(C(=O)N[C@H](Cc3ccccc3)c3ccccc3)CC2)nc2ccccc21. The topological polar surface area (TPSA) is 50.2 Å². The predicted octanol–water partition coefficient (Wildman–Crippen LogP) is 6.15. The number of nitrogens with one attached hydrogen (secondary N) is 1. The van der Waals surface area contributed by atoms with E-state index in [-0.39, 0.29) is 17.9 Å². The Morgan fingerprint density at radius 3 is 2.33 bits per heavy atom. The molecule has 1 amide bonds. The fourth-order valence-electron chi connectivity index (χ4n) is 5.26. The molecule has 3 aromatic carbocycles. The van der Waals surface area contributed by atoms with Crippen LogP contribution in [0.15, 0.2) is 84.9 Å². The van der Waals surface area contributed by atoms with Crippen LogP contribution < -0.4 is 10.2 Å². The highest BCUT2D eigenvalue weighted by Gasteiger charge is 2.29. The fourth-order valence-corrected chi connectivity index (χ4v) is 5.26. The van der Waals surface area contributed by atoms with Gasteiger partial charge in [0.15, 0.2) is 0 Å². The molecule has 5 heteroatoms. The molecular formula is C31H36N4O. The monoisotopic (exact) mass is 480 g/mol. The van der Waals surface area contributed by atoms with Gasteiger partial charge in [0.1, 0.15) is 0 Å². The summed E-state index contributed by atoms with van der Waals surface area (Å²) in [6.45, 7) is 4.90. The van der Waals surface area contributed by atoms with E-state index in [0.29, 0.717) is 0 Å². The van der Waals surface area contributed by atoms with Crippen LogP contribution in [0.4, 0.5) is 5.95 Å². The lowest BCUT2D eigenvalue weighted by Gasteiger charge is -2.33. The molecular weight excluding hydrogens is 444 g/mol. The Kier molecular flexibility index (Phi) is 7.65. The van der Waals surface area contributed by atoms with E-state index in [4.69, 9.17) is 4.98 Å². The second-order valence-corrected chi connectivity index (χ2v) is 9.83. The number of anilines is 1. The molecule has 4 aromatic rings. The summed E-state index contributed by atoms with van der Waals surface area (Å²) in [5, 5.41) is 3.39. The summed E-state index contributed by atoms with van der Waals surface area (Å²) in [5.41, 5.74) is 4.63. The van der Waals surface area contributed by atoms with Crippen molar-refractivity contribution in [1.29, 1.82) is 0 Å². The lowest BCUT2D eigenvalue weighted by molar-refractivity contribution is -0.126. The summed E-state index contributed by atoms with van der Waals surface area (Å²) in [6.07, 6.45) is 4.76. The van der Waals surface area contributed by atoms with E-state index >= 15 is 0 Å². The highest BCUT2D eigenvalue weighted by atomic mass is 16.2. The second-order valence-electron chi connectivity index (χ2n) is 9.83.